The highest BCUT2D eigenvalue weighted by molar-refractivity contribution is 14.0. The quantitative estimate of drug-likeness (QED) is 0.323. The maximum absolute atomic E-state index is 6.17. The van der Waals surface area contributed by atoms with Crippen LogP contribution in [0.1, 0.15) is 6.42 Å². The molecule has 132 valence electrons. The summed E-state index contributed by atoms with van der Waals surface area (Å²) in [4.78, 5) is 19.8. The number of rotatable bonds is 3. The van der Waals surface area contributed by atoms with E-state index >= 15 is 0 Å². The van der Waals surface area contributed by atoms with E-state index in [1.165, 1.54) is 5.57 Å². The first-order valence-electron chi connectivity index (χ1n) is 8.15. The third-order valence-corrected chi connectivity index (χ3v) is 4.39. The zero-order valence-corrected chi connectivity index (χ0v) is 16.5. The molecule has 2 aliphatic rings. The van der Waals surface area contributed by atoms with Crippen molar-refractivity contribution < 1.29 is 0 Å². The Morgan fingerprint density at radius 1 is 1.17 bits per heavy atom. The number of hydrogen-bond acceptors (Lipinski definition) is 5. The monoisotopic (exact) mass is 443 g/mol. The SMILES string of the molecule is CN1CC=C(CN=C(N)N2CCN(c3ncccn3)CC2)CC1.I. The van der Waals surface area contributed by atoms with E-state index < -0.39 is 0 Å². The first kappa shape index (κ1) is 18.9. The number of nitrogens with zero attached hydrogens (tertiary/aromatic N) is 6. The fraction of sp³-hybridized carbons (Fsp3) is 0.562. The van der Waals surface area contributed by atoms with E-state index in [-0.39, 0.29) is 24.0 Å². The smallest absolute Gasteiger partial charge is 0.225 e. The highest BCUT2D eigenvalue weighted by Crippen LogP contribution is 2.11. The van der Waals surface area contributed by atoms with Gasteiger partial charge in [0.25, 0.3) is 0 Å². The molecule has 0 spiro atoms. The van der Waals surface area contributed by atoms with E-state index in [9.17, 15) is 0 Å². The normalized spacial score (nSPS) is 19.7. The van der Waals surface area contributed by atoms with Gasteiger partial charge in [0.2, 0.25) is 5.95 Å². The summed E-state index contributed by atoms with van der Waals surface area (Å²) in [5, 5.41) is 0. The molecule has 0 saturated carbocycles. The number of halogens is 1. The number of likely N-dealkylation sites (N-methyl/N-ethyl adjacent to an activating group) is 1. The molecule has 0 aromatic carbocycles. The number of guanidine groups is 1. The molecule has 2 aliphatic heterocycles. The summed E-state index contributed by atoms with van der Waals surface area (Å²) >= 11 is 0. The average molecular weight is 443 g/mol. The average Bonchev–Trinajstić information content (AvgIpc) is 2.62. The van der Waals surface area contributed by atoms with Crippen molar-refractivity contribution in [1.29, 1.82) is 0 Å². The topological polar surface area (TPSA) is 73.9 Å². The third kappa shape index (κ3) is 5.04. The molecular weight excluding hydrogens is 417 g/mol. The standard InChI is InChI=1S/C16H25N7.HI/c1-21-7-3-14(4-8-21)13-20-15(17)22-9-11-23(12-10-22)16-18-5-2-6-19-16;/h2-3,5-6H,4,7-13H2,1H3,(H2,17,20);1H. The molecule has 0 bridgehead atoms. The lowest BCUT2D eigenvalue weighted by atomic mass is 10.1. The third-order valence-electron chi connectivity index (χ3n) is 4.39. The Morgan fingerprint density at radius 2 is 1.88 bits per heavy atom. The first-order chi connectivity index (χ1) is 11.2. The molecule has 1 aromatic rings. The van der Waals surface area contributed by atoms with Gasteiger partial charge in [-0.25, -0.2) is 15.0 Å². The Balaban J connectivity index is 0.00000208. The summed E-state index contributed by atoms with van der Waals surface area (Å²) in [5.41, 5.74) is 7.56. The second-order valence-corrected chi connectivity index (χ2v) is 6.07. The second-order valence-electron chi connectivity index (χ2n) is 6.07. The zero-order chi connectivity index (χ0) is 16.1. The van der Waals surface area contributed by atoms with Crippen molar-refractivity contribution in [2.45, 2.75) is 6.42 Å². The summed E-state index contributed by atoms with van der Waals surface area (Å²) in [7, 11) is 2.14. The molecule has 0 aliphatic carbocycles. The van der Waals surface area contributed by atoms with E-state index in [2.05, 4.69) is 42.8 Å². The van der Waals surface area contributed by atoms with Crippen molar-refractivity contribution in [2.75, 3.05) is 57.8 Å². The van der Waals surface area contributed by atoms with Crippen LogP contribution in [-0.4, -0.2) is 78.6 Å². The molecule has 7 nitrogen and oxygen atoms in total. The Hall–Kier alpha value is -1.42. The van der Waals surface area contributed by atoms with Crippen LogP contribution in [0.3, 0.4) is 0 Å². The van der Waals surface area contributed by atoms with Gasteiger partial charge in [0.15, 0.2) is 5.96 Å². The molecular formula is C16H26IN7. The van der Waals surface area contributed by atoms with Gasteiger partial charge in [-0.2, -0.15) is 0 Å². The minimum absolute atomic E-state index is 0. The number of piperazine rings is 1. The van der Waals surface area contributed by atoms with Crippen molar-refractivity contribution in [3.05, 3.63) is 30.1 Å². The van der Waals surface area contributed by atoms with Crippen LogP contribution in [0.5, 0.6) is 0 Å². The van der Waals surface area contributed by atoms with Crippen molar-refractivity contribution in [3.8, 4) is 0 Å². The van der Waals surface area contributed by atoms with Crippen LogP contribution >= 0.6 is 24.0 Å². The van der Waals surface area contributed by atoms with Gasteiger partial charge < -0.3 is 20.4 Å². The van der Waals surface area contributed by atoms with Crippen LogP contribution in [0.4, 0.5) is 5.95 Å². The molecule has 1 saturated heterocycles. The predicted octanol–water partition coefficient (Wildman–Crippen LogP) is 0.793. The van der Waals surface area contributed by atoms with Crippen LogP contribution in [0.2, 0.25) is 0 Å². The molecule has 0 atom stereocenters. The summed E-state index contributed by atoms with van der Waals surface area (Å²) in [6.45, 7) is 6.30. The number of anilines is 1. The molecule has 0 unspecified atom stereocenters. The maximum atomic E-state index is 6.17. The number of nitrogens with two attached hydrogens (primary N) is 1. The molecule has 0 amide bonds. The summed E-state index contributed by atoms with van der Waals surface area (Å²) in [5.74, 6) is 1.44. The van der Waals surface area contributed by atoms with Crippen molar-refractivity contribution in [2.24, 2.45) is 10.7 Å². The molecule has 0 radical (unpaired) electrons. The number of aliphatic imine (C=N–C) groups is 1. The summed E-state index contributed by atoms with van der Waals surface area (Å²) in [6, 6.07) is 1.84. The lowest BCUT2D eigenvalue weighted by Crippen LogP contribution is -2.51. The van der Waals surface area contributed by atoms with Gasteiger partial charge in [-0.15, -0.1) is 24.0 Å². The highest BCUT2D eigenvalue weighted by Gasteiger charge is 2.20. The first-order valence-corrected chi connectivity index (χ1v) is 8.15. The predicted molar refractivity (Wildman–Crippen MR) is 108 cm³/mol. The van der Waals surface area contributed by atoms with Crippen LogP contribution in [0.15, 0.2) is 35.1 Å². The van der Waals surface area contributed by atoms with E-state index in [0.29, 0.717) is 5.96 Å². The molecule has 1 aromatic heterocycles. The molecule has 1 fully saturated rings. The number of aromatic nitrogens is 2. The van der Waals surface area contributed by atoms with Crippen molar-refractivity contribution in [3.63, 3.8) is 0 Å². The van der Waals surface area contributed by atoms with Crippen molar-refractivity contribution in [1.82, 2.24) is 19.8 Å². The number of hydrogen-bond donors (Lipinski definition) is 1. The van der Waals surface area contributed by atoms with Crippen molar-refractivity contribution >= 4 is 35.9 Å². The highest BCUT2D eigenvalue weighted by atomic mass is 127. The summed E-state index contributed by atoms with van der Waals surface area (Å²) < 4.78 is 0. The van der Waals surface area contributed by atoms with E-state index in [1.807, 2.05) is 6.07 Å². The van der Waals surface area contributed by atoms with Crippen LogP contribution in [0, 0.1) is 0 Å². The fourth-order valence-electron chi connectivity index (χ4n) is 2.83. The largest absolute Gasteiger partial charge is 0.370 e. The second kappa shape index (κ2) is 9.16. The Kier molecular flexibility index (Phi) is 7.22. The lowest BCUT2D eigenvalue weighted by Gasteiger charge is -2.35. The lowest BCUT2D eigenvalue weighted by molar-refractivity contribution is 0.357. The zero-order valence-electron chi connectivity index (χ0n) is 14.1. The van der Waals surface area contributed by atoms with Gasteiger partial charge in [0.05, 0.1) is 6.54 Å². The van der Waals surface area contributed by atoms with Crippen LogP contribution < -0.4 is 10.6 Å². The van der Waals surface area contributed by atoms with E-state index in [0.717, 1.165) is 58.2 Å². The molecule has 3 rings (SSSR count). The van der Waals surface area contributed by atoms with Gasteiger partial charge in [-0.1, -0.05) is 11.6 Å². The van der Waals surface area contributed by atoms with Gasteiger partial charge in [-0.3, -0.25) is 0 Å². The van der Waals surface area contributed by atoms with Gasteiger partial charge in [0.1, 0.15) is 0 Å². The minimum atomic E-state index is 0. The minimum Gasteiger partial charge on any atom is -0.370 e. The Labute approximate surface area is 160 Å². The summed E-state index contributed by atoms with van der Waals surface area (Å²) in [6.07, 6.45) is 6.91. The Bertz CT molecular complexity index is 567. The van der Waals surface area contributed by atoms with Crippen LogP contribution in [0.25, 0.3) is 0 Å². The van der Waals surface area contributed by atoms with E-state index in [1.54, 1.807) is 12.4 Å². The fourth-order valence-corrected chi connectivity index (χ4v) is 2.83. The molecule has 2 N–H and O–H groups in total. The molecule has 24 heavy (non-hydrogen) atoms. The van der Waals surface area contributed by atoms with Crippen LogP contribution in [-0.2, 0) is 0 Å². The van der Waals surface area contributed by atoms with Gasteiger partial charge in [-0.05, 0) is 19.5 Å². The van der Waals surface area contributed by atoms with Gasteiger partial charge in [0, 0.05) is 51.7 Å². The maximum Gasteiger partial charge on any atom is 0.225 e. The van der Waals surface area contributed by atoms with Gasteiger partial charge >= 0.3 is 0 Å². The van der Waals surface area contributed by atoms with E-state index in [4.69, 9.17) is 5.73 Å². The molecule has 3 heterocycles. The Morgan fingerprint density at radius 3 is 2.50 bits per heavy atom. The molecule has 8 heteroatoms.